The van der Waals surface area contributed by atoms with E-state index in [0.717, 1.165) is 11.8 Å². The molecule has 1 heteroatoms. The quantitative estimate of drug-likeness (QED) is 0.777. The lowest BCUT2D eigenvalue weighted by atomic mass is 9.68. The maximum absolute atomic E-state index is 2.30. The zero-order valence-corrected chi connectivity index (χ0v) is 12.2. The minimum absolute atomic E-state index is 0. The van der Waals surface area contributed by atoms with Crippen molar-refractivity contribution in [2.24, 2.45) is 5.92 Å². The summed E-state index contributed by atoms with van der Waals surface area (Å²) in [5.74, 6) is 1.75. The van der Waals surface area contributed by atoms with Crippen molar-refractivity contribution in [2.75, 3.05) is 0 Å². The van der Waals surface area contributed by atoms with E-state index in [4.69, 9.17) is 0 Å². The Morgan fingerprint density at radius 1 is 0.800 bits per heavy atom. The molecule has 1 saturated carbocycles. The summed E-state index contributed by atoms with van der Waals surface area (Å²) in [4.78, 5) is 0. The molecule has 2 atom stereocenters. The average molecular weight is 267 g/mol. The lowest BCUT2D eigenvalue weighted by molar-refractivity contribution is 0.234. The van der Waals surface area contributed by atoms with Gasteiger partial charge in [0.25, 0.3) is 0 Å². The van der Waals surface area contributed by atoms with Crippen molar-refractivity contribution in [3.05, 3.63) is 71.8 Å². The average Bonchev–Trinajstić information content (AvgIpc) is 2.45. The molecule has 0 radical (unpaired) electrons. The third-order valence-electron chi connectivity index (χ3n) is 4.53. The van der Waals surface area contributed by atoms with Crippen molar-refractivity contribution in [3.8, 4) is 0 Å². The molecule has 0 aliphatic heterocycles. The first kappa shape index (κ1) is 14.8. The van der Waals surface area contributed by atoms with Gasteiger partial charge in [-0.15, -0.1) is 0 Å². The van der Waals surface area contributed by atoms with Crippen molar-refractivity contribution in [1.29, 1.82) is 0 Å². The van der Waals surface area contributed by atoms with Gasteiger partial charge < -0.3 is 6.15 Å². The number of rotatable bonds is 5. The highest BCUT2D eigenvalue weighted by Crippen LogP contribution is 2.44. The van der Waals surface area contributed by atoms with Gasteiger partial charge in [-0.05, 0) is 55.1 Å². The molecule has 2 unspecified atom stereocenters. The van der Waals surface area contributed by atoms with Crippen LogP contribution < -0.4 is 6.15 Å². The minimum atomic E-state index is 0. The third kappa shape index (κ3) is 3.49. The van der Waals surface area contributed by atoms with Crippen molar-refractivity contribution < 1.29 is 0 Å². The monoisotopic (exact) mass is 267 g/mol. The molecule has 1 aliphatic carbocycles. The number of hydrogen-bond acceptors (Lipinski definition) is 1. The number of aryl methyl sites for hydroxylation is 1. The maximum atomic E-state index is 2.30. The van der Waals surface area contributed by atoms with E-state index in [1.165, 1.54) is 37.7 Å². The molecular formula is C19H25N. The fourth-order valence-electron chi connectivity index (χ4n) is 3.27. The fraction of sp³-hybridized carbons (Fsp3) is 0.368. The minimum Gasteiger partial charge on any atom is -0.344 e. The van der Waals surface area contributed by atoms with Crippen LogP contribution in [0, 0.1) is 5.92 Å². The molecule has 1 aliphatic rings. The summed E-state index contributed by atoms with van der Waals surface area (Å²) in [6.07, 6.45) is 6.76. The molecule has 3 N–H and O–H groups in total. The highest BCUT2D eigenvalue weighted by molar-refractivity contribution is 5.22. The Balaban J connectivity index is 0.00000147. The Hall–Kier alpha value is -1.60. The second-order valence-electron chi connectivity index (χ2n) is 5.73. The zero-order valence-electron chi connectivity index (χ0n) is 12.2. The molecule has 1 nitrogen and oxygen atoms in total. The molecule has 2 aromatic rings. The summed E-state index contributed by atoms with van der Waals surface area (Å²) in [7, 11) is 0. The van der Waals surface area contributed by atoms with Crippen LogP contribution in [0.2, 0.25) is 0 Å². The van der Waals surface area contributed by atoms with Gasteiger partial charge in [0.15, 0.2) is 0 Å². The van der Waals surface area contributed by atoms with Gasteiger partial charge in [0.2, 0.25) is 0 Å². The van der Waals surface area contributed by atoms with Gasteiger partial charge in [0.05, 0.1) is 0 Å². The predicted octanol–water partition coefficient (Wildman–Crippen LogP) is 5.37. The Morgan fingerprint density at radius 3 is 2.05 bits per heavy atom. The van der Waals surface area contributed by atoms with Crippen LogP contribution in [0.1, 0.15) is 42.7 Å². The third-order valence-corrected chi connectivity index (χ3v) is 4.53. The standard InChI is InChI=1S/C19H22.H3N/c1-3-8-16(9-4-1)10-7-13-18-14-15-19(18)17-11-5-2-6-12-17;/h1-6,8-9,11-12,18-19H,7,10,13-15H2;1H3. The molecule has 1 fully saturated rings. The Bertz CT molecular complexity index is 492. The molecular weight excluding hydrogens is 242 g/mol. The highest BCUT2D eigenvalue weighted by Gasteiger charge is 2.30. The Labute approximate surface area is 122 Å². The molecule has 0 spiro atoms. The Morgan fingerprint density at radius 2 is 1.45 bits per heavy atom. The van der Waals surface area contributed by atoms with Crippen molar-refractivity contribution >= 4 is 0 Å². The van der Waals surface area contributed by atoms with Gasteiger partial charge in [-0.25, -0.2) is 0 Å². The van der Waals surface area contributed by atoms with Gasteiger partial charge in [0, 0.05) is 0 Å². The van der Waals surface area contributed by atoms with E-state index in [1.807, 2.05) is 0 Å². The highest BCUT2D eigenvalue weighted by atomic mass is 14.4. The van der Waals surface area contributed by atoms with Crippen molar-refractivity contribution in [3.63, 3.8) is 0 Å². The molecule has 0 amide bonds. The van der Waals surface area contributed by atoms with E-state index >= 15 is 0 Å². The first-order chi connectivity index (χ1) is 9.43. The van der Waals surface area contributed by atoms with E-state index < -0.39 is 0 Å². The van der Waals surface area contributed by atoms with E-state index in [-0.39, 0.29) is 6.15 Å². The summed E-state index contributed by atoms with van der Waals surface area (Å²) >= 11 is 0. The normalized spacial score (nSPS) is 20.8. The smallest absolute Gasteiger partial charge is 0.0133 e. The van der Waals surface area contributed by atoms with Crippen LogP contribution in [-0.4, -0.2) is 0 Å². The van der Waals surface area contributed by atoms with Crippen LogP contribution in [0.4, 0.5) is 0 Å². The molecule has 2 aromatic carbocycles. The van der Waals surface area contributed by atoms with Crippen LogP contribution >= 0.6 is 0 Å². The molecule has 20 heavy (non-hydrogen) atoms. The summed E-state index contributed by atoms with van der Waals surface area (Å²) < 4.78 is 0. The van der Waals surface area contributed by atoms with E-state index in [9.17, 15) is 0 Å². The lowest BCUT2D eigenvalue weighted by Crippen LogP contribution is -2.23. The first-order valence-electron chi connectivity index (χ1n) is 7.52. The second kappa shape index (κ2) is 7.25. The predicted molar refractivity (Wildman–Crippen MR) is 86.3 cm³/mol. The van der Waals surface area contributed by atoms with Gasteiger partial charge >= 0.3 is 0 Å². The zero-order chi connectivity index (χ0) is 12.9. The largest absolute Gasteiger partial charge is 0.344 e. The van der Waals surface area contributed by atoms with Gasteiger partial charge in [-0.3, -0.25) is 0 Å². The Kier molecular flexibility index (Phi) is 5.37. The van der Waals surface area contributed by atoms with E-state index in [0.29, 0.717) is 0 Å². The number of hydrogen-bond donors (Lipinski definition) is 1. The topological polar surface area (TPSA) is 35.0 Å². The summed E-state index contributed by atoms with van der Waals surface area (Å²) in [6, 6.07) is 21.9. The fourth-order valence-corrected chi connectivity index (χ4v) is 3.27. The first-order valence-corrected chi connectivity index (χ1v) is 7.52. The second-order valence-corrected chi connectivity index (χ2v) is 5.73. The summed E-state index contributed by atoms with van der Waals surface area (Å²) in [5, 5.41) is 0. The van der Waals surface area contributed by atoms with Gasteiger partial charge in [-0.1, -0.05) is 60.7 Å². The van der Waals surface area contributed by atoms with E-state index in [2.05, 4.69) is 60.7 Å². The molecule has 106 valence electrons. The molecule has 0 bridgehead atoms. The van der Waals surface area contributed by atoms with Crippen LogP contribution in [-0.2, 0) is 6.42 Å². The van der Waals surface area contributed by atoms with Crippen LogP contribution in [0.15, 0.2) is 60.7 Å². The SMILES string of the molecule is N.c1ccc(CCCC2CCC2c2ccccc2)cc1. The van der Waals surface area contributed by atoms with Crippen molar-refractivity contribution in [1.82, 2.24) is 6.15 Å². The van der Waals surface area contributed by atoms with Crippen LogP contribution in [0.5, 0.6) is 0 Å². The van der Waals surface area contributed by atoms with E-state index in [1.54, 1.807) is 5.56 Å². The summed E-state index contributed by atoms with van der Waals surface area (Å²) in [5.41, 5.74) is 3.04. The lowest BCUT2D eigenvalue weighted by Gasteiger charge is -2.37. The van der Waals surface area contributed by atoms with Crippen molar-refractivity contribution in [2.45, 2.75) is 38.0 Å². The molecule has 3 rings (SSSR count). The maximum Gasteiger partial charge on any atom is -0.0133 e. The molecule has 0 heterocycles. The molecule has 0 aromatic heterocycles. The number of benzene rings is 2. The van der Waals surface area contributed by atoms with Gasteiger partial charge in [0.1, 0.15) is 0 Å². The summed E-state index contributed by atoms with van der Waals surface area (Å²) in [6.45, 7) is 0. The van der Waals surface area contributed by atoms with Crippen LogP contribution in [0.25, 0.3) is 0 Å². The molecule has 0 saturated heterocycles. The van der Waals surface area contributed by atoms with Gasteiger partial charge in [-0.2, -0.15) is 0 Å². The van der Waals surface area contributed by atoms with Crippen LogP contribution in [0.3, 0.4) is 0 Å².